The van der Waals surface area contributed by atoms with E-state index in [0.717, 1.165) is 34.8 Å². The molecule has 2 aromatic rings. The van der Waals surface area contributed by atoms with Crippen molar-refractivity contribution < 1.29 is 30.8 Å². The highest BCUT2D eigenvalue weighted by Gasteiger charge is 2.19. The Hall–Kier alpha value is -2.70. The van der Waals surface area contributed by atoms with E-state index in [-0.39, 0.29) is 22.0 Å². The number of carbonyl (C=O) groups is 1. The molecule has 0 unspecified atom stereocenters. The summed E-state index contributed by atoms with van der Waals surface area (Å²) in [6, 6.07) is 8.46. The third kappa shape index (κ3) is 6.14. The molecule has 29 heavy (non-hydrogen) atoms. The third-order valence-electron chi connectivity index (χ3n) is 3.78. The Morgan fingerprint density at radius 2 is 1.72 bits per heavy atom. The van der Waals surface area contributed by atoms with Crippen LogP contribution < -0.4 is 14.8 Å². The van der Waals surface area contributed by atoms with Gasteiger partial charge in [0.2, 0.25) is 15.9 Å². The van der Waals surface area contributed by atoms with Gasteiger partial charge >= 0.3 is 0 Å². The fourth-order valence-electron chi connectivity index (χ4n) is 2.20. The summed E-state index contributed by atoms with van der Waals surface area (Å²) in [6.07, 6.45) is 0.968. The van der Waals surface area contributed by atoms with Gasteiger partial charge < -0.3 is 10.1 Å². The van der Waals surface area contributed by atoms with Crippen LogP contribution in [0.3, 0.4) is 0 Å². The molecule has 0 spiro atoms. The fourth-order valence-corrected chi connectivity index (χ4v) is 3.62. The van der Waals surface area contributed by atoms with Crippen molar-refractivity contribution in [3.63, 3.8) is 0 Å². The minimum Gasteiger partial charge on any atom is -0.495 e. The molecule has 0 aliphatic carbocycles. The molecule has 0 aromatic heterocycles. The number of halogens is 1. The van der Waals surface area contributed by atoms with Crippen LogP contribution in [-0.2, 0) is 24.8 Å². The maximum Gasteiger partial charge on any atom is 0.262 e. The predicted octanol–water partition coefficient (Wildman–Crippen LogP) is 1.46. The van der Waals surface area contributed by atoms with Crippen LogP contribution in [0.15, 0.2) is 47.4 Å². The van der Waals surface area contributed by atoms with E-state index in [0.29, 0.717) is 0 Å². The molecule has 9 nitrogen and oxygen atoms in total. The number of carbonyl (C=O) groups excluding carboxylic acids is 1. The van der Waals surface area contributed by atoms with E-state index < -0.39 is 38.3 Å². The van der Waals surface area contributed by atoms with Crippen molar-refractivity contribution in [1.82, 2.24) is 4.31 Å². The zero-order valence-electron chi connectivity index (χ0n) is 15.8. The lowest BCUT2D eigenvalue weighted by Crippen LogP contribution is -2.34. The number of nitrogens with one attached hydrogen (secondary N) is 2. The number of anilines is 2. The number of nitrogens with zero attached hydrogens (tertiary/aromatic N) is 1. The summed E-state index contributed by atoms with van der Waals surface area (Å²) in [7, 11) is -4.98. The minimum atomic E-state index is -4.04. The summed E-state index contributed by atoms with van der Waals surface area (Å²) in [5.74, 6) is -1.01. The first-order chi connectivity index (χ1) is 13.4. The second kappa shape index (κ2) is 8.76. The molecule has 0 saturated heterocycles. The maximum atomic E-state index is 13.0. The summed E-state index contributed by atoms with van der Waals surface area (Å²) in [5, 5.41) is 2.48. The second-order valence-corrected chi connectivity index (χ2v) is 9.81. The summed E-state index contributed by atoms with van der Waals surface area (Å²) in [4.78, 5) is 11.9. The number of ether oxygens (including phenoxy) is 1. The molecule has 0 fully saturated rings. The van der Waals surface area contributed by atoms with Gasteiger partial charge in [-0.3, -0.25) is 9.52 Å². The molecule has 1 amide bonds. The highest BCUT2D eigenvalue weighted by atomic mass is 32.2. The van der Waals surface area contributed by atoms with Gasteiger partial charge in [0.25, 0.3) is 10.0 Å². The van der Waals surface area contributed by atoms with Gasteiger partial charge in [-0.2, -0.15) is 4.31 Å². The molecular formula is C17H20FN3O6S2. The van der Waals surface area contributed by atoms with Crippen molar-refractivity contribution in [2.24, 2.45) is 0 Å². The summed E-state index contributed by atoms with van der Waals surface area (Å²) in [5.41, 5.74) is 0.251. The van der Waals surface area contributed by atoms with Gasteiger partial charge in [0, 0.05) is 12.7 Å². The van der Waals surface area contributed by atoms with Gasteiger partial charge in [0.1, 0.15) is 11.6 Å². The van der Waals surface area contributed by atoms with Crippen LogP contribution in [-0.4, -0.2) is 54.0 Å². The van der Waals surface area contributed by atoms with Gasteiger partial charge in [0.15, 0.2) is 0 Å². The van der Waals surface area contributed by atoms with Gasteiger partial charge in [-0.05, 0) is 42.5 Å². The molecule has 2 aromatic carbocycles. The zero-order valence-corrected chi connectivity index (χ0v) is 17.5. The van der Waals surface area contributed by atoms with E-state index in [2.05, 4.69) is 10.0 Å². The Labute approximate surface area is 168 Å². The molecule has 2 rings (SSSR count). The third-order valence-corrected chi connectivity index (χ3v) is 6.43. The highest BCUT2D eigenvalue weighted by Crippen LogP contribution is 2.30. The molecule has 0 bridgehead atoms. The summed E-state index contributed by atoms with van der Waals surface area (Å²) < 4.78 is 69.2. The Morgan fingerprint density at radius 3 is 2.28 bits per heavy atom. The lowest BCUT2D eigenvalue weighted by atomic mass is 10.2. The number of sulfonamides is 2. The molecule has 2 N–H and O–H groups in total. The maximum absolute atomic E-state index is 13.0. The number of rotatable bonds is 8. The van der Waals surface area contributed by atoms with E-state index >= 15 is 0 Å². The largest absolute Gasteiger partial charge is 0.495 e. The van der Waals surface area contributed by atoms with Crippen LogP contribution in [0.5, 0.6) is 5.75 Å². The average Bonchev–Trinajstić information content (AvgIpc) is 2.61. The SMILES string of the molecule is COc1ccc(NC(=O)CN(C)S(C)(=O)=O)cc1NS(=O)(=O)c1ccc(F)cc1. The van der Waals surface area contributed by atoms with Gasteiger partial charge in [0.05, 0.1) is 30.5 Å². The molecule has 0 heterocycles. The van der Waals surface area contributed by atoms with Gasteiger partial charge in [-0.25, -0.2) is 21.2 Å². The smallest absolute Gasteiger partial charge is 0.262 e. The van der Waals surface area contributed by atoms with E-state index in [4.69, 9.17) is 4.74 Å². The van der Waals surface area contributed by atoms with Crippen LogP contribution in [0, 0.1) is 5.82 Å². The van der Waals surface area contributed by atoms with Gasteiger partial charge in [-0.15, -0.1) is 0 Å². The normalized spacial score (nSPS) is 11.9. The first-order valence-electron chi connectivity index (χ1n) is 8.10. The quantitative estimate of drug-likeness (QED) is 0.635. The van der Waals surface area contributed by atoms with E-state index in [1.807, 2.05) is 0 Å². The van der Waals surface area contributed by atoms with E-state index in [1.165, 1.54) is 32.4 Å². The van der Waals surface area contributed by atoms with Crippen LogP contribution in [0.4, 0.5) is 15.8 Å². The molecule has 0 aliphatic rings. The Balaban J connectivity index is 2.24. The molecular weight excluding hydrogens is 425 g/mol. The monoisotopic (exact) mass is 445 g/mol. The van der Waals surface area contributed by atoms with Crippen molar-refractivity contribution in [2.45, 2.75) is 4.90 Å². The summed E-state index contributed by atoms with van der Waals surface area (Å²) in [6.45, 7) is -0.415. The molecule has 0 radical (unpaired) electrons. The number of methoxy groups -OCH3 is 1. The number of likely N-dealkylation sites (N-methyl/N-ethyl adjacent to an activating group) is 1. The molecule has 0 aliphatic heterocycles. The Bertz CT molecular complexity index is 1100. The lowest BCUT2D eigenvalue weighted by molar-refractivity contribution is -0.116. The van der Waals surface area contributed by atoms with Crippen LogP contribution >= 0.6 is 0 Å². The highest BCUT2D eigenvalue weighted by molar-refractivity contribution is 7.92. The molecule has 158 valence electrons. The van der Waals surface area contributed by atoms with Crippen LogP contribution in [0.1, 0.15) is 0 Å². The molecule has 0 atom stereocenters. The van der Waals surface area contributed by atoms with E-state index in [9.17, 15) is 26.0 Å². The Morgan fingerprint density at radius 1 is 1.10 bits per heavy atom. The molecule has 0 saturated carbocycles. The first kappa shape index (κ1) is 22.6. The fraction of sp³-hybridized carbons (Fsp3) is 0.235. The van der Waals surface area contributed by atoms with Crippen molar-refractivity contribution in [1.29, 1.82) is 0 Å². The summed E-state index contributed by atoms with van der Waals surface area (Å²) >= 11 is 0. The topological polar surface area (TPSA) is 122 Å². The predicted molar refractivity (Wildman–Crippen MR) is 106 cm³/mol. The number of hydrogen-bond acceptors (Lipinski definition) is 6. The standard InChI is InChI=1S/C17H20FN3O6S2/c1-21(28(3,23)24)11-17(22)19-13-6-9-16(27-2)15(10-13)20-29(25,26)14-7-4-12(18)5-8-14/h4-10,20H,11H2,1-3H3,(H,19,22). The van der Waals surface area contributed by atoms with Crippen molar-refractivity contribution in [3.05, 3.63) is 48.3 Å². The van der Waals surface area contributed by atoms with E-state index in [1.54, 1.807) is 0 Å². The number of amides is 1. The Kier molecular flexibility index (Phi) is 6.82. The number of benzene rings is 2. The minimum absolute atomic E-state index is 0.0334. The van der Waals surface area contributed by atoms with Crippen LogP contribution in [0.25, 0.3) is 0 Å². The van der Waals surface area contributed by atoms with Crippen molar-refractivity contribution in [3.8, 4) is 5.75 Å². The molecule has 12 heteroatoms. The first-order valence-corrected chi connectivity index (χ1v) is 11.4. The average molecular weight is 445 g/mol. The lowest BCUT2D eigenvalue weighted by Gasteiger charge is -2.16. The van der Waals surface area contributed by atoms with Crippen LogP contribution in [0.2, 0.25) is 0 Å². The van der Waals surface area contributed by atoms with Crippen molar-refractivity contribution >= 4 is 37.3 Å². The number of hydrogen-bond donors (Lipinski definition) is 2. The zero-order chi connectivity index (χ0) is 21.8. The van der Waals surface area contributed by atoms with Crippen molar-refractivity contribution in [2.75, 3.05) is 37.0 Å². The second-order valence-electron chi connectivity index (χ2n) is 6.04. The van der Waals surface area contributed by atoms with Gasteiger partial charge in [-0.1, -0.05) is 0 Å².